The van der Waals surface area contributed by atoms with Crippen LogP contribution in [-0.2, 0) is 6.42 Å². The van der Waals surface area contributed by atoms with Crippen molar-refractivity contribution in [2.24, 2.45) is 5.92 Å². The average Bonchev–Trinajstić information content (AvgIpc) is 2.38. The first kappa shape index (κ1) is 13.4. The maximum atomic E-state index is 3.45. The monoisotopic (exact) mass is 246 g/mol. The Hall–Kier alpha value is -1.02. The summed E-state index contributed by atoms with van der Waals surface area (Å²) in [6, 6.07) is 9.49. The van der Waals surface area contributed by atoms with Crippen LogP contribution in [0.3, 0.4) is 0 Å². The maximum absolute atomic E-state index is 3.45. The number of hydrogen-bond acceptors (Lipinski definition) is 2. The van der Waals surface area contributed by atoms with Crippen molar-refractivity contribution < 1.29 is 0 Å². The quantitative estimate of drug-likeness (QED) is 0.859. The second-order valence-corrected chi connectivity index (χ2v) is 5.62. The average molecular weight is 246 g/mol. The summed E-state index contributed by atoms with van der Waals surface area (Å²) in [6.45, 7) is 6.94. The molecule has 0 saturated carbocycles. The summed E-state index contributed by atoms with van der Waals surface area (Å²) in [7, 11) is 2.08. The smallest absolute Gasteiger partial charge is 0.0399 e. The van der Waals surface area contributed by atoms with Gasteiger partial charge < -0.3 is 10.2 Å². The Bertz CT molecular complexity index is 375. The Balaban J connectivity index is 2.13. The molecule has 0 bridgehead atoms. The highest BCUT2D eigenvalue weighted by Gasteiger charge is 2.22. The third-order valence-electron chi connectivity index (χ3n) is 3.92. The lowest BCUT2D eigenvalue weighted by Crippen LogP contribution is -2.43. The maximum Gasteiger partial charge on any atom is 0.0399 e. The van der Waals surface area contributed by atoms with Gasteiger partial charge in [0.1, 0.15) is 0 Å². The molecule has 2 rings (SSSR count). The van der Waals surface area contributed by atoms with E-state index >= 15 is 0 Å². The van der Waals surface area contributed by atoms with Crippen LogP contribution < -0.4 is 10.2 Å². The lowest BCUT2D eigenvalue weighted by atomic mass is 9.93. The van der Waals surface area contributed by atoms with E-state index in [1.165, 1.54) is 37.1 Å². The van der Waals surface area contributed by atoms with E-state index in [2.05, 4.69) is 55.4 Å². The highest BCUT2D eigenvalue weighted by Crippen LogP contribution is 2.29. The Labute approximate surface area is 111 Å². The van der Waals surface area contributed by atoms with Gasteiger partial charge >= 0.3 is 0 Å². The second kappa shape index (κ2) is 6.24. The number of hydrogen-bond donors (Lipinski definition) is 1. The van der Waals surface area contributed by atoms with Crippen molar-refractivity contribution in [3.8, 4) is 0 Å². The number of benzene rings is 1. The topological polar surface area (TPSA) is 15.3 Å². The van der Waals surface area contributed by atoms with Crippen LogP contribution in [0.2, 0.25) is 0 Å². The van der Waals surface area contributed by atoms with Crippen LogP contribution in [0.25, 0.3) is 0 Å². The minimum atomic E-state index is 0.605. The van der Waals surface area contributed by atoms with Gasteiger partial charge in [-0.3, -0.25) is 0 Å². The van der Waals surface area contributed by atoms with Gasteiger partial charge in [-0.2, -0.15) is 0 Å². The fourth-order valence-electron chi connectivity index (χ4n) is 3.02. The zero-order valence-electron chi connectivity index (χ0n) is 11.9. The molecule has 0 aliphatic carbocycles. The molecule has 0 amide bonds. The van der Waals surface area contributed by atoms with Gasteiger partial charge in [0, 0.05) is 24.8 Å². The van der Waals surface area contributed by atoms with Crippen molar-refractivity contribution in [1.29, 1.82) is 0 Å². The first-order valence-corrected chi connectivity index (χ1v) is 7.24. The fraction of sp³-hybridized carbons (Fsp3) is 0.625. The molecule has 0 saturated heterocycles. The second-order valence-electron chi connectivity index (χ2n) is 5.62. The summed E-state index contributed by atoms with van der Waals surface area (Å²) in [5.74, 6) is 0.763. The number of nitrogens with zero attached hydrogens (tertiary/aromatic N) is 1. The van der Waals surface area contributed by atoms with E-state index in [9.17, 15) is 0 Å². The largest absolute Gasteiger partial charge is 0.369 e. The Kier molecular flexibility index (Phi) is 4.65. The van der Waals surface area contributed by atoms with Gasteiger partial charge in [-0.15, -0.1) is 0 Å². The van der Waals surface area contributed by atoms with Crippen LogP contribution in [0.1, 0.15) is 32.3 Å². The Morgan fingerprint density at radius 3 is 2.89 bits per heavy atom. The normalized spacial score (nSPS) is 20.6. The molecule has 1 heterocycles. The summed E-state index contributed by atoms with van der Waals surface area (Å²) < 4.78 is 0. The molecule has 2 atom stereocenters. The van der Waals surface area contributed by atoms with Crippen LogP contribution >= 0.6 is 0 Å². The number of likely N-dealkylation sites (N-methyl/N-ethyl adjacent to an activating group) is 1. The van der Waals surface area contributed by atoms with Gasteiger partial charge in [0.2, 0.25) is 0 Å². The molecule has 0 spiro atoms. The van der Waals surface area contributed by atoms with E-state index < -0.39 is 0 Å². The van der Waals surface area contributed by atoms with Crippen LogP contribution in [0.5, 0.6) is 0 Å². The van der Waals surface area contributed by atoms with Gasteiger partial charge in [0.25, 0.3) is 0 Å². The van der Waals surface area contributed by atoms with Crippen molar-refractivity contribution in [2.45, 2.75) is 39.2 Å². The lowest BCUT2D eigenvalue weighted by molar-refractivity contribution is 0.465. The van der Waals surface area contributed by atoms with E-state index in [1.54, 1.807) is 0 Å². The van der Waals surface area contributed by atoms with Crippen LogP contribution in [0.15, 0.2) is 24.3 Å². The zero-order valence-corrected chi connectivity index (χ0v) is 11.9. The van der Waals surface area contributed by atoms with Crippen LogP contribution in [0, 0.1) is 5.92 Å². The SMILES string of the molecule is CCCC(CN1CC(C)Cc2ccccc21)NC. The molecule has 2 unspecified atom stereocenters. The Morgan fingerprint density at radius 2 is 2.17 bits per heavy atom. The van der Waals surface area contributed by atoms with E-state index in [0.717, 1.165) is 12.5 Å². The summed E-state index contributed by atoms with van der Waals surface area (Å²) >= 11 is 0. The van der Waals surface area contributed by atoms with Crippen molar-refractivity contribution in [3.05, 3.63) is 29.8 Å². The number of para-hydroxylation sites is 1. The molecule has 1 aliphatic rings. The summed E-state index contributed by atoms with van der Waals surface area (Å²) in [4.78, 5) is 2.57. The molecule has 0 fully saturated rings. The van der Waals surface area contributed by atoms with Gasteiger partial charge in [0.05, 0.1) is 0 Å². The van der Waals surface area contributed by atoms with Gasteiger partial charge in [-0.05, 0) is 37.4 Å². The van der Waals surface area contributed by atoms with Crippen molar-refractivity contribution in [3.63, 3.8) is 0 Å². The molecule has 18 heavy (non-hydrogen) atoms. The lowest BCUT2D eigenvalue weighted by Gasteiger charge is -2.37. The van der Waals surface area contributed by atoms with Gasteiger partial charge in [-0.1, -0.05) is 38.5 Å². The van der Waals surface area contributed by atoms with Crippen molar-refractivity contribution >= 4 is 5.69 Å². The first-order chi connectivity index (χ1) is 8.74. The number of nitrogens with one attached hydrogen (secondary N) is 1. The standard InChI is InChI=1S/C16H26N2/c1-4-7-15(17-3)12-18-11-13(2)10-14-8-5-6-9-16(14)18/h5-6,8-9,13,15,17H,4,7,10-12H2,1-3H3. The van der Waals surface area contributed by atoms with Crippen LogP contribution in [0.4, 0.5) is 5.69 Å². The summed E-state index contributed by atoms with van der Waals surface area (Å²) in [5.41, 5.74) is 2.97. The molecule has 0 aromatic heterocycles. The third-order valence-corrected chi connectivity index (χ3v) is 3.92. The molecule has 1 aliphatic heterocycles. The highest BCUT2D eigenvalue weighted by molar-refractivity contribution is 5.55. The minimum Gasteiger partial charge on any atom is -0.369 e. The van der Waals surface area contributed by atoms with E-state index in [0.29, 0.717) is 6.04 Å². The van der Waals surface area contributed by atoms with E-state index in [4.69, 9.17) is 0 Å². The molecule has 1 aromatic rings. The first-order valence-electron chi connectivity index (χ1n) is 7.24. The Morgan fingerprint density at radius 1 is 1.39 bits per heavy atom. The predicted molar refractivity (Wildman–Crippen MR) is 79.3 cm³/mol. The molecule has 0 radical (unpaired) electrons. The molecule has 1 N–H and O–H groups in total. The predicted octanol–water partition coefficient (Wildman–Crippen LogP) is 3.07. The van der Waals surface area contributed by atoms with Gasteiger partial charge in [0.15, 0.2) is 0 Å². The van der Waals surface area contributed by atoms with E-state index in [-0.39, 0.29) is 0 Å². The van der Waals surface area contributed by atoms with Crippen LogP contribution in [-0.4, -0.2) is 26.2 Å². The molecule has 1 aromatic carbocycles. The van der Waals surface area contributed by atoms with Gasteiger partial charge in [-0.25, -0.2) is 0 Å². The molecular weight excluding hydrogens is 220 g/mol. The molecule has 100 valence electrons. The van der Waals surface area contributed by atoms with E-state index in [1.807, 2.05) is 0 Å². The minimum absolute atomic E-state index is 0.605. The summed E-state index contributed by atoms with van der Waals surface area (Å²) in [5, 5.41) is 3.45. The van der Waals surface area contributed by atoms with Crippen molar-refractivity contribution in [1.82, 2.24) is 5.32 Å². The zero-order chi connectivity index (χ0) is 13.0. The number of anilines is 1. The third kappa shape index (κ3) is 3.05. The highest BCUT2D eigenvalue weighted by atomic mass is 15.2. The fourth-order valence-corrected chi connectivity index (χ4v) is 3.02. The molecular formula is C16H26N2. The summed E-state index contributed by atoms with van der Waals surface area (Å²) in [6.07, 6.45) is 3.73. The number of fused-ring (bicyclic) bond motifs is 1. The van der Waals surface area contributed by atoms with Crippen molar-refractivity contribution in [2.75, 3.05) is 25.0 Å². The molecule has 2 heteroatoms. The molecule has 2 nitrogen and oxygen atoms in total. The number of rotatable bonds is 5.